The molecule has 6 nitrogen and oxygen atoms in total. The number of rotatable bonds is 4. The molecule has 1 N–H and O–H groups in total. The number of allylic oxidation sites excluding steroid dienone is 1. The summed E-state index contributed by atoms with van der Waals surface area (Å²) in [6.45, 7) is 2.11. The number of benzene rings is 2. The van der Waals surface area contributed by atoms with Crippen molar-refractivity contribution < 1.29 is 23.4 Å². The molecule has 0 bridgehead atoms. The van der Waals surface area contributed by atoms with Crippen LogP contribution in [-0.2, 0) is 17.6 Å². The molecule has 0 spiro atoms. The lowest BCUT2D eigenvalue weighted by Gasteiger charge is -2.11. The van der Waals surface area contributed by atoms with Crippen LogP contribution in [0, 0.1) is 0 Å². The van der Waals surface area contributed by atoms with Gasteiger partial charge in [0, 0.05) is 46.8 Å². The molecule has 30 heavy (non-hydrogen) atoms. The molecule has 0 radical (unpaired) electrons. The SMILES string of the molecule is COc1cc2oc3c(c2cc1/C(C)=C/C(=O)Nc1ccc2c(c1)OCO2)CCCC3. The van der Waals surface area contributed by atoms with E-state index in [1.807, 2.05) is 13.0 Å². The van der Waals surface area contributed by atoms with E-state index in [1.165, 1.54) is 12.0 Å². The van der Waals surface area contributed by atoms with Gasteiger partial charge in [0.25, 0.3) is 0 Å². The Morgan fingerprint density at radius 2 is 1.93 bits per heavy atom. The predicted molar refractivity (Wildman–Crippen MR) is 114 cm³/mol. The van der Waals surface area contributed by atoms with Gasteiger partial charge < -0.3 is 23.9 Å². The van der Waals surface area contributed by atoms with E-state index in [9.17, 15) is 4.79 Å². The number of methoxy groups -OCH3 is 1. The van der Waals surface area contributed by atoms with Crippen molar-refractivity contribution in [1.82, 2.24) is 0 Å². The molecule has 0 saturated heterocycles. The molecule has 5 rings (SSSR count). The smallest absolute Gasteiger partial charge is 0.248 e. The number of hydrogen-bond acceptors (Lipinski definition) is 5. The van der Waals surface area contributed by atoms with Gasteiger partial charge in [-0.3, -0.25) is 4.79 Å². The van der Waals surface area contributed by atoms with Crippen molar-refractivity contribution in [2.75, 3.05) is 19.2 Å². The van der Waals surface area contributed by atoms with Gasteiger partial charge in [-0.1, -0.05) is 0 Å². The fraction of sp³-hybridized carbons (Fsp3) is 0.292. The first-order chi connectivity index (χ1) is 14.6. The standard InChI is InChI=1S/C24H23NO5/c1-14(9-24(26)25-15-7-8-20-23(10-15)29-13-28-20)17-11-18-16-5-3-4-6-19(16)30-22(18)12-21(17)27-2/h7-12H,3-6,13H2,1-2H3,(H,25,26)/b14-9+. The molecule has 0 unspecified atom stereocenters. The highest BCUT2D eigenvalue weighted by Gasteiger charge is 2.20. The summed E-state index contributed by atoms with van der Waals surface area (Å²) in [5.41, 5.74) is 4.50. The molecule has 2 aromatic carbocycles. The minimum Gasteiger partial charge on any atom is -0.496 e. The van der Waals surface area contributed by atoms with Crippen LogP contribution in [0.4, 0.5) is 5.69 Å². The van der Waals surface area contributed by atoms with E-state index in [0.717, 1.165) is 47.1 Å². The molecule has 1 aromatic heterocycles. The van der Waals surface area contributed by atoms with Crippen molar-refractivity contribution in [3.63, 3.8) is 0 Å². The number of anilines is 1. The van der Waals surface area contributed by atoms with Crippen molar-refractivity contribution in [2.24, 2.45) is 0 Å². The molecule has 0 saturated carbocycles. The lowest BCUT2D eigenvalue weighted by Crippen LogP contribution is -2.08. The molecule has 3 aromatic rings. The summed E-state index contributed by atoms with van der Waals surface area (Å²) in [4.78, 5) is 12.6. The molecular weight excluding hydrogens is 382 g/mol. The van der Waals surface area contributed by atoms with Crippen molar-refractivity contribution in [3.05, 3.63) is 53.3 Å². The fourth-order valence-corrected chi connectivity index (χ4v) is 4.19. The number of carbonyl (C=O) groups is 1. The zero-order chi connectivity index (χ0) is 20.7. The van der Waals surface area contributed by atoms with Crippen LogP contribution in [0.15, 0.2) is 40.8 Å². The minimum absolute atomic E-state index is 0.200. The maximum Gasteiger partial charge on any atom is 0.248 e. The normalized spacial score (nSPS) is 15.2. The molecular formula is C24H23NO5. The van der Waals surface area contributed by atoms with Crippen molar-refractivity contribution >= 4 is 28.1 Å². The van der Waals surface area contributed by atoms with Crippen molar-refractivity contribution in [1.29, 1.82) is 0 Å². The lowest BCUT2D eigenvalue weighted by molar-refractivity contribution is -0.111. The third kappa shape index (κ3) is 3.28. The third-order valence-electron chi connectivity index (χ3n) is 5.69. The number of ether oxygens (including phenoxy) is 3. The Morgan fingerprint density at radius 3 is 2.80 bits per heavy atom. The summed E-state index contributed by atoms with van der Waals surface area (Å²) >= 11 is 0. The number of furan rings is 1. The molecule has 6 heteroatoms. The van der Waals surface area contributed by atoms with E-state index in [-0.39, 0.29) is 12.7 Å². The maximum absolute atomic E-state index is 12.6. The van der Waals surface area contributed by atoms with Gasteiger partial charge in [-0.2, -0.15) is 0 Å². The largest absolute Gasteiger partial charge is 0.496 e. The van der Waals surface area contributed by atoms with Crippen molar-refractivity contribution in [3.8, 4) is 17.2 Å². The highest BCUT2D eigenvalue weighted by Crippen LogP contribution is 2.38. The number of carbonyl (C=O) groups excluding carboxylic acids is 1. The first kappa shape index (κ1) is 18.6. The molecule has 1 aliphatic carbocycles. The Hall–Kier alpha value is -3.41. The third-order valence-corrected chi connectivity index (χ3v) is 5.69. The first-order valence-electron chi connectivity index (χ1n) is 10.1. The number of amides is 1. The number of nitrogens with one attached hydrogen (secondary N) is 1. The molecule has 2 heterocycles. The Bertz CT molecular complexity index is 1170. The molecule has 154 valence electrons. The summed E-state index contributed by atoms with van der Waals surface area (Å²) < 4.78 is 22.3. The van der Waals surface area contributed by atoms with E-state index < -0.39 is 0 Å². The molecule has 2 aliphatic rings. The number of hydrogen-bond donors (Lipinski definition) is 1. The first-order valence-corrected chi connectivity index (χ1v) is 10.1. The monoisotopic (exact) mass is 405 g/mol. The lowest BCUT2D eigenvalue weighted by atomic mass is 9.94. The Balaban J connectivity index is 1.44. The van der Waals surface area contributed by atoms with E-state index >= 15 is 0 Å². The molecule has 0 fully saturated rings. The topological polar surface area (TPSA) is 69.9 Å². The van der Waals surface area contributed by atoms with E-state index in [4.69, 9.17) is 18.6 Å². The molecule has 1 amide bonds. The van der Waals surface area contributed by atoms with E-state index in [1.54, 1.807) is 31.4 Å². The highest BCUT2D eigenvalue weighted by molar-refractivity contribution is 6.05. The van der Waals surface area contributed by atoms with Gasteiger partial charge in [-0.15, -0.1) is 0 Å². The summed E-state index contributed by atoms with van der Waals surface area (Å²) in [5.74, 6) is 2.87. The summed E-state index contributed by atoms with van der Waals surface area (Å²) in [6, 6.07) is 9.35. The zero-order valence-corrected chi connectivity index (χ0v) is 17.0. The highest BCUT2D eigenvalue weighted by atomic mass is 16.7. The minimum atomic E-state index is -0.220. The predicted octanol–water partition coefficient (Wildman–Crippen LogP) is 5.09. The number of fused-ring (bicyclic) bond motifs is 4. The van der Waals surface area contributed by atoms with Crippen LogP contribution < -0.4 is 19.5 Å². The second-order valence-electron chi connectivity index (χ2n) is 7.64. The van der Waals surface area contributed by atoms with Gasteiger partial charge in [-0.05, 0) is 50.0 Å². The van der Waals surface area contributed by atoms with Crippen LogP contribution in [-0.4, -0.2) is 19.8 Å². The quantitative estimate of drug-likeness (QED) is 0.612. The zero-order valence-electron chi connectivity index (χ0n) is 17.0. The van der Waals surface area contributed by atoms with Crippen LogP contribution in [0.5, 0.6) is 17.2 Å². The number of aryl methyl sites for hydroxylation is 2. The van der Waals surface area contributed by atoms with E-state index in [2.05, 4.69) is 11.4 Å². The second-order valence-corrected chi connectivity index (χ2v) is 7.64. The molecule has 0 atom stereocenters. The van der Waals surface area contributed by atoms with Crippen LogP contribution in [0.1, 0.15) is 36.7 Å². The maximum atomic E-state index is 12.6. The molecule has 1 aliphatic heterocycles. The van der Waals surface area contributed by atoms with Crippen LogP contribution in [0.2, 0.25) is 0 Å². The summed E-state index contributed by atoms with van der Waals surface area (Å²) in [5, 5.41) is 4.00. The summed E-state index contributed by atoms with van der Waals surface area (Å²) in [7, 11) is 1.63. The van der Waals surface area contributed by atoms with Gasteiger partial charge in [0.15, 0.2) is 11.5 Å². The van der Waals surface area contributed by atoms with Gasteiger partial charge in [0.2, 0.25) is 12.7 Å². The van der Waals surface area contributed by atoms with Gasteiger partial charge in [0.1, 0.15) is 17.1 Å². The average Bonchev–Trinajstić information content (AvgIpc) is 3.36. The average molecular weight is 405 g/mol. The Morgan fingerprint density at radius 1 is 1.10 bits per heavy atom. The summed E-state index contributed by atoms with van der Waals surface area (Å²) in [6.07, 6.45) is 5.93. The van der Waals surface area contributed by atoms with Gasteiger partial charge in [-0.25, -0.2) is 0 Å². The fourth-order valence-electron chi connectivity index (χ4n) is 4.19. The van der Waals surface area contributed by atoms with Gasteiger partial charge in [0.05, 0.1) is 7.11 Å². The van der Waals surface area contributed by atoms with Crippen molar-refractivity contribution in [2.45, 2.75) is 32.6 Å². The van der Waals surface area contributed by atoms with Crippen LogP contribution in [0.3, 0.4) is 0 Å². The van der Waals surface area contributed by atoms with E-state index in [0.29, 0.717) is 22.9 Å². The Labute approximate surface area is 174 Å². The Kier molecular flexibility index (Phi) is 4.62. The second kappa shape index (κ2) is 7.44. The van der Waals surface area contributed by atoms with Crippen LogP contribution in [0.25, 0.3) is 16.5 Å². The van der Waals surface area contributed by atoms with Crippen LogP contribution >= 0.6 is 0 Å². The van der Waals surface area contributed by atoms with Gasteiger partial charge >= 0.3 is 0 Å².